The van der Waals surface area contributed by atoms with Crippen LogP contribution in [0.25, 0.3) is 0 Å². The number of amides is 2. The summed E-state index contributed by atoms with van der Waals surface area (Å²) in [5.41, 5.74) is 0.532. The van der Waals surface area contributed by atoms with Gasteiger partial charge in [-0.2, -0.15) is 0 Å². The maximum Gasteiger partial charge on any atom is 0.260 e. The van der Waals surface area contributed by atoms with Gasteiger partial charge in [-0.1, -0.05) is 11.6 Å². The number of nitrogens with one attached hydrogen (secondary N) is 1. The van der Waals surface area contributed by atoms with Gasteiger partial charge in [0, 0.05) is 25.4 Å². The Morgan fingerprint density at radius 3 is 2.71 bits per heavy atom. The number of nitrogens with zero attached hydrogens (tertiary/aromatic N) is 1. The molecule has 1 saturated heterocycles. The zero-order valence-electron chi connectivity index (χ0n) is 16.7. The minimum atomic E-state index is -0.606. The molecule has 8 heteroatoms. The molecule has 7 nitrogen and oxygen atoms in total. The van der Waals surface area contributed by atoms with E-state index < -0.39 is 6.10 Å². The predicted octanol–water partition coefficient (Wildman–Crippen LogP) is 3.11. The summed E-state index contributed by atoms with van der Waals surface area (Å²) in [7, 11) is 0. The first-order valence-electron chi connectivity index (χ1n) is 9.68. The number of ether oxygens (including phenoxy) is 3. The van der Waals surface area contributed by atoms with Gasteiger partial charge in [-0.25, -0.2) is 0 Å². The Labute approximate surface area is 171 Å². The molecule has 1 heterocycles. The van der Waals surface area contributed by atoms with E-state index in [9.17, 15) is 9.59 Å². The number of anilines is 1. The molecular formula is C20H29ClN2O5. The second kappa shape index (κ2) is 11.2. The quantitative estimate of drug-likeness (QED) is 0.639. The lowest BCUT2D eigenvalue weighted by molar-refractivity contribution is -0.133. The summed E-state index contributed by atoms with van der Waals surface area (Å²) in [5.74, 6) is 0.0259. The molecule has 1 fully saturated rings. The van der Waals surface area contributed by atoms with Crippen LogP contribution in [0.15, 0.2) is 18.2 Å². The molecule has 156 valence electrons. The lowest BCUT2D eigenvalue weighted by Gasteiger charge is -2.19. The molecule has 0 radical (unpaired) electrons. The molecule has 2 rings (SSSR count). The van der Waals surface area contributed by atoms with Gasteiger partial charge in [-0.15, -0.1) is 0 Å². The van der Waals surface area contributed by atoms with E-state index >= 15 is 0 Å². The summed E-state index contributed by atoms with van der Waals surface area (Å²) in [6, 6.07) is 4.89. The number of hydrogen-bond acceptors (Lipinski definition) is 5. The van der Waals surface area contributed by atoms with Gasteiger partial charge in [0.15, 0.2) is 6.61 Å². The van der Waals surface area contributed by atoms with Crippen LogP contribution in [-0.4, -0.2) is 61.8 Å². The summed E-state index contributed by atoms with van der Waals surface area (Å²) in [4.78, 5) is 26.0. The largest absolute Gasteiger partial charge is 0.482 e. The van der Waals surface area contributed by atoms with E-state index in [0.717, 1.165) is 19.4 Å². The number of halogens is 1. The standard InChI is InChI=1S/C20H29ClN2O5/c1-4-23(5-2)19(24)13-28-18-9-8-15(11-17(18)21)22-20(25)14(3)27-12-16-7-6-10-26-16/h8-9,11,14,16H,4-7,10,12-13H2,1-3H3,(H,22,25). The van der Waals surface area contributed by atoms with E-state index in [0.29, 0.717) is 36.2 Å². The van der Waals surface area contributed by atoms with Crippen LogP contribution in [0.3, 0.4) is 0 Å². The first-order valence-corrected chi connectivity index (χ1v) is 10.1. The molecule has 0 spiro atoms. The smallest absolute Gasteiger partial charge is 0.260 e. The molecular weight excluding hydrogens is 384 g/mol. The fourth-order valence-corrected chi connectivity index (χ4v) is 3.08. The second-order valence-electron chi connectivity index (χ2n) is 6.60. The van der Waals surface area contributed by atoms with Crippen molar-refractivity contribution in [2.75, 3.05) is 38.2 Å². The minimum Gasteiger partial charge on any atom is -0.482 e. The highest BCUT2D eigenvalue weighted by Crippen LogP contribution is 2.28. The van der Waals surface area contributed by atoms with Gasteiger partial charge in [-0.05, 0) is 51.8 Å². The zero-order chi connectivity index (χ0) is 20.5. The van der Waals surface area contributed by atoms with Gasteiger partial charge in [0.25, 0.3) is 11.8 Å². The first-order chi connectivity index (χ1) is 13.4. The van der Waals surface area contributed by atoms with Gasteiger partial charge in [0.05, 0.1) is 17.7 Å². The van der Waals surface area contributed by atoms with Crippen LogP contribution in [0.1, 0.15) is 33.6 Å². The van der Waals surface area contributed by atoms with Crippen LogP contribution < -0.4 is 10.1 Å². The minimum absolute atomic E-state index is 0.0696. The Morgan fingerprint density at radius 2 is 2.11 bits per heavy atom. The van der Waals surface area contributed by atoms with E-state index in [1.807, 2.05) is 13.8 Å². The van der Waals surface area contributed by atoms with Crippen LogP contribution in [-0.2, 0) is 19.1 Å². The SMILES string of the molecule is CCN(CC)C(=O)COc1ccc(NC(=O)C(C)OCC2CCCO2)cc1Cl. The van der Waals surface area contributed by atoms with E-state index in [1.54, 1.807) is 30.0 Å². The molecule has 0 bridgehead atoms. The molecule has 2 atom stereocenters. The number of hydrogen-bond donors (Lipinski definition) is 1. The summed E-state index contributed by atoms with van der Waals surface area (Å²) in [6.45, 7) is 7.86. The van der Waals surface area contributed by atoms with Gasteiger partial charge in [-0.3, -0.25) is 9.59 Å². The summed E-state index contributed by atoms with van der Waals surface area (Å²) in [5, 5.41) is 3.08. The van der Waals surface area contributed by atoms with E-state index in [4.69, 9.17) is 25.8 Å². The Bertz CT molecular complexity index is 660. The Balaban J connectivity index is 1.83. The average molecular weight is 413 g/mol. The molecule has 0 saturated carbocycles. The Kier molecular flexibility index (Phi) is 9.02. The highest BCUT2D eigenvalue weighted by Gasteiger charge is 2.20. The first kappa shape index (κ1) is 22.5. The fraction of sp³-hybridized carbons (Fsp3) is 0.600. The molecule has 0 aromatic heterocycles. The van der Waals surface area contributed by atoms with E-state index in [2.05, 4.69) is 5.32 Å². The molecule has 1 aromatic rings. The van der Waals surface area contributed by atoms with Crippen molar-refractivity contribution in [3.8, 4) is 5.75 Å². The maximum absolute atomic E-state index is 12.3. The van der Waals surface area contributed by atoms with Crippen LogP contribution in [0, 0.1) is 0 Å². The predicted molar refractivity (Wildman–Crippen MR) is 108 cm³/mol. The fourth-order valence-electron chi connectivity index (χ4n) is 2.85. The van der Waals surface area contributed by atoms with Crippen molar-refractivity contribution >= 4 is 29.1 Å². The molecule has 28 heavy (non-hydrogen) atoms. The van der Waals surface area contributed by atoms with Crippen molar-refractivity contribution in [2.24, 2.45) is 0 Å². The summed E-state index contributed by atoms with van der Waals surface area (Å²) >= 11 is 6.22. The highest BCUT2D eigenvalue weighted by atomic mass is 35.5. The average Bonchev–Trinajstić information content (AvgIpc) is 3.20. The van der Waals surface area contributed by atoms with Gasteiger partial charge in [0.2, 0.25) is 0 Å². The number of rotatable bonds is 10. The van der Waals surface area contributed by atoms with Crippen LogP contribution in [0.2, 0.25) is 5.02 Å². The highest BCUT2D eigenvalue weighted by molar-refractivity contribution is 6.32. The van der Waals surface area contributed by atoms with E-state index in [1.165, 1.54) is 0 Å². The van der Waals surface area contributed by atoms with Gasteiger partial charge < -0.3 is 24.4 Å². The number of carbonyl (C=O) groups is 2. The van der Waals surface area contributed by atoms with Crippen molar-refractivity contribution in [3.05, 3.63) is 23.2 Å². The van der Waals surface area contributed by atoms with Gasteiger partial charge in [0.1, 0.15) is 11.9 Å². The van der Waals surface area contributed by atoms with Gasteiger partial charge >= 0.3 is 0 Å². The van der Waals surface area contributed by atoms with Crippen molar-refractivity contribution in [2.45, 2.75) is 45.8 Å². The van der Waals surface area contributed by atoms with Crippen LogP contribution >= 0.6 is 11.6 Å². The molecule has 1 aliphatic rings. The summed E-state index contributed by atoms with van der Waals surface area (Å²) < 4.78 is 16.6. The number of likely N-dealkylation sites (N-methyl/N-ethyl adjacent to an activating group) is 1. The lowest BCUT2D eigenvalue weighted by atomic mass is 10.2. The molecule has 1 aromatic carbocycles. The van der Waals surface area contributed by atoms with Crippen molar-refractivity contribution in [1.82, 2.24) is 4.90 Å². The molecule has 0 aliphatic carbocycles. The third kappa shape index (κ3) is 6.65. The second-order valence-corrected chi connectivity index (χ2v) is 7.01. The number of carbonyl (C=O) groups excluding carboxylic acids is 2. The van der Waals surface area contributed by atoms with Crippen molar-refractivity contribution in [3.63, 3.8) is 0 Å². The third-order valence-electron chi connectivity index (χ3n) is 4.59. The maximum atomic E-state index is 12.3. The normalized spacial score (nSPS) is 17.2. The van der Waals surface area contributed by atoms with Crippen molar-refractivity contribution in [1.29, 1.82) is 0 Å². The molecule has 2 unspecified atom stereocenters. The molecule has 1 N–H and O–H groups in total. The number of benzene rings is 1. The van der Waals surface area contributed by atoms with Crippen LogP contribution in [0.5, 0.6) is 5.75 Å². The Morgan fingerprint density at radius 1 is 1.36 bits per heavy atom. The van der Waals surface area contributed by atoms with Crippen molar-refractivity contribution < 1.29 is 23.8 Å². The summed E-state index contributed by atoms with van der Waals surface area (Å²) in [6.07, 6.45) is 1.45. The molecule has 2 amide bonds. The molecule has 1 aliphatic heterocycles. The topological polar surface area (TPSA) is 77.1 Å². The zero-order valence-corrected chi connectivity index (χ0v) is 17.5. The van der Waals surface area contributed by atoms with E-state index in [-0.39, 0.29) is 24.5 Å². The lowest BCUT2D eigenvalue weighted by Crippen LogP contribution is -2.34. The third-order valence-corrected chi connectivity index (χ3v) is 4.89. The monoisotopic (exact) mass is 412 g/mol. The van der Waals surface area contributed by atoms with Crippen LogP contribution in [0.4, 0.5) is 5.69 Å². The Hall–Kier alpha value is -1.83.